The topological polar surface area (TPSA) is 78.4 Å². The Bertz CT molecular complexity index is 1150. The van der Waals surface area contributed by atoms with Crippen LogP contribution in [0.1, 0.15) is 31.5 Å². The molecule has 1 aliphatic rings. The van der Waals surface area contributed by atoms with Crippen LogP contribution in [0.2, 0.25) is 10.0 Å². The van der Waals surface area contributed by atoms with E-state index in [1.54, 1.807) is 37.1 Å². The summed E-state index contributed by atoms with van der Waals surface area (Å²) in [6, 6.07) is 6.98. The molecule has 0 bridgehead atoms. The minimum atomic E-state index is -1.00. The van der Waals surface area contributed by atoms with E-state index in [0.29, 0.717) is 45.9 Å². The average molecular weight is 463 g/mol. The van der Waals surface area contributed by atoms with Crippen molar-refractivity contribution in [3.63, 3.8) is 0 Å². The zero-order valence-electron chi connectivity index (χ0n) is 16.4. The predicted molar refractivity (Wildman–Crippen MR) is 122 cm³/mol. The van der Waals surface area contributed by atoms with Gasteiger partial charge in [-0.1, -0.05) is 40.6 Å². The van der Waals surface area contributed by atoms with E-state index in [0.717, 1.165) is 15.8 Å². The molecule has 2 aromatic heterocycles. The molecule has 30 heavy (non-hydrogen) atoms. The third kappa shape index (κ3) is 4.44. The van der Waals surface area contributed by atoms with Crippen molar-refractivity contribution >= 4 is 61.5 Å². The van der Waals surface area contributed by atoms with Crippen LogP contribution in [0, 0.1) is 0 Å². The lowest BCUT2D eigenvalue weighted by Crippen LogP contribution is -2.37. The van der Waals surface area contributed by atoms with Crippen LogP contribution >= 0.6 is 34.5 Å². The zero-order valence-corrected chi connectivity index (χ0v) is 18.8. The van der Waals surface area contributed by atoms with Crippen molar-refractivity contribution in [3.8, 4) is 0 Å². The first-order valence-electron chi connectivity index (χ1n) is 9.40. The second-order valence-electron chi connectivity index (χ2n) is 7.60. The molecule has 0 radical (unpaired) electrons. The van der Waals surface area contributed by atoms with Gasteiger partial charge in [-0.2, -0.15) is 0 Å². The summed E-state index contributed by atoms with van der Waals surface area (Å²) in [5.74, 6) is 0. The van der Waals surface area contributed by atoms with Crippen molar-refractivity contribution in [2.24, 2.45) is 0 Å². The van der Waals surface area contributed by atoms with E-state index in [2.05, 4.69) is 15.3 Å². The minimum absolute atomic E-state index is 0.202. The Labute approximate surface area is 188 Å². The van der Waals surface area contributed by atoms with E-state index in [4.69, 9.17) is 23.2 Å². The molecule has 3 aromatic rings. The number of carbonyl (C=O) groups is 1. The van der Waals surface area contributed by atoms with E-state index >= 15 is 0 Å². The second kappa shape index (κ2) is 8.15. The van der Waals surface area contributed by atoms with E-state index in [1.165, 1.54) is 11.3 Å². The van der Waals surface area contributed by atoms with Crippen molar-refractivity contribution in [1.82, 2.24) is 14.9 Å². The quantitative estimate of drug-likeness (QED) is 0.534. The number of rotatable bonds is 3. The molecule has 2 amide bonds. The van der Waals surface area contributed by atoms with Crippen LogP contribution in [-0.4, -0.2) is 39.1 Å². The van der Waals surface area contributed by atoms with Crippen LogP contribution in [0.3, 0.4) is 0 Å². The van der Waals surface area contributed by atoms with E-state index < -0.39 is 5.60 Å². The lowest BCUT2D eigenvalue weighted by atomic mass is 9.98. The number of aromatic nitrogens is 2. The predicted octanol–water partition coefficient (Wildman–Crippen LogP) is 5.55. The number of benzene rings is 1. The van der Waals surface area contributed by atoms with Gasteiger partial charge < -0.3 is 10.0 Å². The SMILES string of the molecule is CC(C)(O)c1cnc(C2=CCN(C(=O)Nc3nc4ccc(Cl)cc4s3)CC2)c(Cl)c1. The molecular weight excluding hydrogens is 443 g/mol. The van der Waals surface area contributed by atoms with Gasteiger partial charge in [-0.25, -0.2) is 9.78 Å². The van der Waals surface area contributed by atoms with Crippen molar-refractivity contribution in [2.45, 2.75) is 25.9 Å². The van der Waals surface area contributed by atoms with Gasteiger partial charge in [0, 0.05) is 29.9 Å². The van der Waals surface area contributed by atoms with Gasteiger partial charge in [-0.05, 0) is 50.1 Å². The summed E-state index contributed by atoms with van der Waals surface area (Å²) in [6.07, 6.45) is 4.23. The Kier molecular flexibility index (Phi) is 5.72. The number of aliphatic hydroxyl groups is 1. The molecule has 4 rings (SSSR count). The molecule has 2 N–H and O–H groups in total. The highest BCUT2D eigenvalue weighted by Gasteiger charge is 2.23. The fraction of sp³-hybridized carbons (Fsp3) is 0.286. The van der Waals surface area contributed by atoms with Crippen LogP contribution in [0.25, 0.3) is 15.8 Å². The summed E-state index contributed by atoms with van der Waals surface area (Å²) >= 11 is 13.8. The van der Waals surface area contributed by atoms with Crippen LogP contribution in [0.5, 0.6) is 0 Å². The fourth-order valence-corrected chi connectivity index (χ4v) is 4.62. The maximum atomic E-state index is 12.6. The Morgan fingerprint density at radius 1 is 1.30 bits per heavy atom. The van der Waals surface area contributed by atoms with Gasteiger partial charge in [-0.15, -0.1) is 0 Å². The van der Waals surface area contributed by atoms with E-state index in [1.807, 2.05) is 18.2 Å². The number of halogens is 2. The molecule has 3 heterocycles. The summed E-state index contributed by atoms with van der Waals surface area (Å²) in [5.41, 5.74) is 2.13. The number of hydrogen-bond acceptors (Lipinski definition) is 5. The number of hydrogen-bond donors (Lipinski definition) is 2. The van der Waals surface area contributed by atoms with Gasteiger partial charge in [0.2, 0.25) is 0 Å². The molecule has 0 spiro atoms. The Morgan fingerprint density at radius 2 is 2.10 bits per heavy atom. The molecular formula is C21H20Cl2N4O2S. The number of nitrogens with one attached hydrogen (secondary N) is 1. The molecule has 0 aliphatic carbocycles. The summed E-state index contributed by atoms with van der Waals surface area (Å²) in [6.45, 7) is 4.37. The van der Waals surface area contributed by atoms with Gasteiger partial charge >= 0.3 is 6.03 Å². The van der Waals surface area contributed by atoms with Crippen molar-refractivity contribution in [2.75, 3.05) is 18.4 Å². The number of pyridine rings is 1. The van der Waals surface area contributed by atoms with Crippen molar-refractivity contribution in [3.05, 3.63) is 57.8 Å². The summed E-state index contributed by atoms with van der Waals surface area (Å²) in [7, 11) is 0. The number of carbonyl (C=O) groups excluding carboxylic acids is 1. The molecule has 9 heteroatoms. The number of anilines is 1. The number of amides is 2. The van der Waals surface area contributed by atoms with Gasteiger partial charge in [-0.3, -0.25) is 10.3 Å². The van der Waals surface area contributed by atoms with E-state index in [9.17, 15) is 9.90 Å². The second-order valence-corrected chi connectivity index (χ2v) is 9.47. The highest BCUT2D eigenvalue weighted by molar-refractivity contribution is 7.22. The molecule has 0 fully saturated rings. The molecule has 0 unspecified atom stereocenters. The number of fused-ring (bicyclic) bond motifs is 1. The number of thiazole rings is 1. The summed E-state index contributed by atoms with van der Waals surface area (Å²) in [4.78, 5) is 23.2. The van der Waals surface area contributed by atoms with Gasteiger partial charge in [0.1, 0.15) is 0 Å². The molecule has 0 saturated heterocycles. The van der Waals surface area contributed by atoms with Gasteiger partial charge in [0.15, 0.2) is 5.13 Å². The molecule has 1 aromatic carbocycles. The third-order valence-corrected chi connectivity index (χ3v) is 6.37. The third-order valence-electron chi connectivity index (χ3n) is 4.91. The highest BCUT2D eigenvalue weighted by Crippen LogP contribution is 2.31. The van der Waals surface area contributed by atoms with Crippen molar-refractivity contribution < 1.29 is 9.90 Å². The zero-order chi connectivity index (χ0) is 21.5. The van der Waals surface area contributed by atoms with E-state index in [-0.39, 0.29) is 6.03 Å². The van der Waals surface area contributed by atoms with Gasteiger partial charge in [0.25, 0.3) is 0 Å². The van der Waals surface area contributed by atoms with Gasteiger partial charge in [0.05, 0.1) is 26.5 Å². The largest absolute Gasteiger partial charge is 0.386 e. The summed E-state index contributed by atoms with van der Waals surface area (Å²) < 4.78 is 0.925. The Morgan fingerprint density at radius 3 is 2.77 bits per heavy atom. The minimum Gasteiger partial charge on any atom is -0.386 e. The smallest absolute Gasteiger partial charge is 0.323 e. The molecule has 1 aliphatic heterocycles. The van der Waals surface area contributed by atoms with Crippen LogP contribution in [0.4, 0.5) is 9.93 Å². The molecule has 6 nitrogen and oxygen atoms in total. The highest BCUT2D eigenvalue weighted by atomic mass is 35.5. The summed E-state index contributed by atoms with van der Waals surface area (Å²) in [5, 5.41) is 14.7. The lowest BCUT2D eigenvalue weighted by molar-refractivity contribution is 0.0782. The van der Waals surface area contributed by atoms with Crippen molar-refractivity contribution in [1.29, 1.82) is 0 Å². The Hall–Kier alpha value is -2.19. The first-order valence-corrected chi connectivity index (χ1v) is 11.0. The first-order chi connectivity index (χ1) is 14.2. The molecule has 156 valence electrons. The van der Waals surface area contributed by atoms with Crippen LogP contribution in [-0.2, 0) is 5.60 Å². The lowest BCUT2D eigenvalue weighted by Gasteiger charge is -2.26. The number of nitrogens with zero attached hydrogens (tertiary/aromatic N) is 3. The Balaban J connectivity index is 1.44. The molecule has 0 saturated carbocycles. The standard InChI is InChI=1S/C21H20Cl2N4O2S/c1-21(2,29)13-9-15(23)18(24-11-13)12-5-7-27(8-6-12)20(28)26-19-25-16-4-3-14(22)10-17(16)30-19/h3-5,9-11,29H,6-8H2,1-2H3,(H,25,26,28). The number of urea groups is 1. The first kappa shape index (κ1) is 21.1. The van der Waals surface area contributed by atoms with Crippen LogP contribution < -0.4 is 5.32 Å². The van der Waals surface area contributed by atoms with Crippen LogP contribution in [0.15, 0.2) is 36.5 Å². The maximum Gasteiger partial charge on any atom is 0.323 e. The normalized spacial score (nSPS) is 14.7. The maximum absolute atomic E-state index is 12.6. The average Bonchev–Trinajstić information content (AvgIpc) is 3.08. The monoisotopic (exact) mass is 462 g/mol. The molecule has 0 atom stereocenters. The fourth-order valence-electron chi connectivity index (χ4n) is 3.20.